The molecule has 3 unspecified atom stereocenters. The molecule has 1 aliphatic rings. The second-order valence-corrected chi connectivity index (χ2v) is 6.94. The molecule has 0 aromatic heterocycles. The van der Waals surface area contributed by atoms with Crippen LogP contribution >= 0.6 is 0 Å². The standard InChI is InChI=1S/C20H28N2O4/c1-4-5-11-16(19(24)21-26)22-17(14(3)18(23)20(22)25)12-13(2)15-9-7-6-8-10-15/h6-10,13,16-17,23,26H,4-5,11-12H2,1-3H3,(H,21,24). The summed E-state index contributed by atoms with van der Waals surface area (Å²) in [5, 5.41) is 19.3. The molecule has 0 aliphatic carbocycles. The van der Waals surface area contributed by atoms with Crippen molar-refractivity contribution in [3.63, 3.8) is 0 Å². The van der Waals surface area contributed by atoms with Crippen LogP contribution in [-0.2, 0) is 9.59 Å². The van der Waals surface area contributed by atoms with Gasteiger partial charge in [-0.25, -0.2) is 5.48 Å². The first-order chi connectivity index (χ1) is 12.4. The highest BCUT2D eigenvalue weighted by Gasteiger charge is 2.43. The Morgan fingerprint density at radius 2 is 1.96 bits per heavy atom. The first-order valence-corrected chi connectivity index (χ1v) is 9.13. The van der Waals surface area contributed by atoms with Crippen LogP contribution in [0, 0.1) is 0 Å². The Labute approximate surface area is 154 Å². The lowest BCUT2D eigenvalue weighted by atomic mass is 9.90. The number of aliphatic hydroxyl groups is 1. The van der Waals surface area contributed by atoms with E-state index in [-0.39, 0.29) is 17.7 Å². The minimum absolute atomic E-state index is 0.140. The third-order valence-electron chi connectivity index (χ3n) is 5.17. The molecule has 2 amide bonds. The molecule has 0 spiro atoms. The van der Waals surface area contributed by atoms with Gasteiger partial charge in [0.05, 0.1) is 6.04 Å². The van der Waals surface area contributed by atoms with Gasteiger partial charge in [-0.1, -0.05) is 57.0 Å². The first-order valence-electron chi connectivity index (χ1n) is 9.13. The highest BCUT2D eigenvalue weighted by molar-refractivity contribution is 5.98. The fraction of sp³-hybridized carbons (Fsp3) is 0.500. The number of hydrogen-bond donors (Lipinski definition) is 3. The minimum atomic E-state index is -0.806. The van der Waals surface area contributed by atoms with Crippen LogP contribution in [0.1, 0.15) is 57.9 Å². The van der Waals surface area contributed by atoms with Gasteiger partial charge in [-0.05, 0) is 36.8 Å². The maximum absolute atomic E-state index is 12.6. The fourth-order valence-corrected chi connectivity index (χ4v) is 3.57. The second-order valence-electron chi connectivity index (χ2n) is 6.94. The number of hydroxylamine groups is 1. The van der Waals surface area contributed by atoms with Crippen molar-refractivity contribution >= 4 is 11.8 Å². The Hall–Kier alpha value is -2.34. The SMILES string of the molecule is CCCCC(C(=O)NO)N1C(=O)C(O)=C(C)C1CC(C)c1ccccc1. The number of hydrogen-bond acceptors (Lipinski definition) is 4. The van der Waals surface area contributed by atoms with E-state index in [0.717, 1.165) is 18.4 Å². The van der Waals surface area contributed by atoms with Gasteiger partial charge in [0.1, 0.15) is 6.04 Å². The number of aliphatic hydroxyl groups excluding tert-OH is 1. The Morgan fingerprint density at radius 1 is 1.31 bits per heavy atom. The molecule has 2 rings (SSSR count). The molecule has 0 bridgehead atoms. The molecule has 1 heterocycles. The van der Waals surface area contributed by atoms with Gasteiger partial charge in [-0.15, -0.1) is 0 Å². The van der Waals surface area contributed by atoms with Crippen molar-refractivity contribution in [2.45, 2.75) is 64.5 Å². The monoisotopic (exact) mass is 360 g/mol. The third kappa shape index (κ3) is 4.07. The molecule has 1 aromatic carbocycles. The van der Waals surface area contributed by atoms with Crippen molar-refractivity contribution in [1.82, 2.24) is 10.4 Å². The summed E-state index contributed by atoms with van der Waals surface area (Å²) in [7, 11) is 0. The van der Waals surface area contributed by atoms with E-state index in [0.29, 0.717) is 18.4 Å². The number of nitrogens with zero attached hydrogens (tertiary/aromatic N) is 1. The molecular weight excluding hydrogens is 332 g/mol. The molecule has 0 saturated carbocycles. The normalized spacial score (nSPS) is 19.6. The largest absolute Gasteiger partial charge is 0.503 e. The van der Waals surface area contributed by atoms with E-state index in [1.807, 2.05) is 37.3 Å². The van der Waals surface area contributed by atoms with Crippen LogP contribution < -0.4 is 5.48 Å². The molecule has 6 nitrogen and oxygen atoms in total. The Balaban J connectivity index is 2.30. The molecule has 0 fully saturated rings. The topological polar surface area (TPSA) is 89.9 Å². The van der Waals surface area contributed by atoms with Gasteiger partial charge < -0.3 is 10.0 Å². The van der Waals surface area contributed by atoms with Gasteiger partial charge in [0.2, 0.25) is 0 Å². The average molecular weight is 360 g/mol. The van der Waals surface area contributed by atoms with Crippen LogP contribution in [0.4, 0.5) is 0 Å². The lowest BCUT2D eigenvalue weighted by Crippen LogP contribution is -2.51. The van der Waals surface area contributed by atoms with E-state index in [1.54, 1.807) is 12.4 Å². The van der Waals surface area contributed by atoms with E-state index in [4.69, 9.17) is 5.21 Å². The molecule has 0 saturated heterocycles. The van der Waals surface area contributed by atoms with Crippen molar-refractivity contribution in [3.8, 4) is 0 Å². The molecule has 3 N–H and O–H groups in total. The summed E-state index contributed by atoms with van der Waals surface area (Å²) < 4.78 is 0. The molecule has 26 heavy (non-hydrogen) atoms. The summed E-state index contributed by atoms with van der Waals surface area (Å²) in [6.07, 6.45) is 2.63. The lowest BCUT2D eigenvalue weighted by Gasteiger charge is -2.34. The number of carbonyl (C=O) groups is 2. The van der Waals surface area contributed by atoms with E-state index in [1.165, 1.54) is 4.90 Å². The summed E-state index contributed by atoms with van der Waals surface area (Å²) in [4.78, 5) is 26.3. The summed E-state index contributed by atoms with van der Waals surface area (Å²) in [5.41, 5.74) is 3.38. The van der Waals surface area contributed by atoms with Crippen LogP contribution in [-0.4, -0.2) is 39.1 Å². The predicted molar refractivity (Wildman–Crippen MR) is 98.7 cm³/mol. The minimum Gasteiger partial charge on any atom is -0.503 e. The summed E-state index contributed by atoms with van der Waals surface area (Å²) in [6.45, 7) is 5.78. The van der Waals surface area contributed by atoms with Gasteiger partial charge in [-0.2, -0.15) is 0 Å². The highest BCUT2D eigenvalue weighted by Crippen LogP contribution is 2.34. The lowest BCUT2D eigenvalue weighted by molar-refractivity contribution is -0.144. The van der Waals surface area contributed by atoms with Crippen molar-refractivity contribution < 1.29 is 19.9 Å². The van der Waals surface area contributed by atoms with Crippen LogP contribution in [0.15, 0.2) is 41.7 Å². The number of benzene rings is 1. The van der Waals surface area contributed by atoms with E-state index in [9.17, 15) is 14.7 Å². The molecule has 3 atom stereocenters. The van der Waals surface area contributed by atoms with Crippen molar-refractivity contribution in [2.24, 2.45) is 0 Å². The first kappa shape index (κ1) is 20.0. The quantitative estimate of drug-likeness (QED) is 0.490. The smallest absolute Gasteiger partial charge is 0.289 e. The van der Waals surface area contributed by atoms with E-state index < -0.39 is 17.9 Å². The zero-order valence-electron chi connectivity index (χ0n) is 15.6. The maximum Gasteiger partial charge on any atom is 0.289 e. The maximum atomic E-state index is 12.6. The number of rotatable bonds is 8. The van der Waals surface area contributed by atoms with Crippen LogP contribution in [0.25, 0.3) is 0 Å². The molecule has 1 aromatic rings. The molecule has 1 aliphatic heterocycles. The summed E-state index contributed by atoms with van der Waals surface area (Å²) >= 11 is 0. The Morgan fingerprint density at radius 3 is 2.54 bits per heavy atom. The predicted octanol–water partition coefficient (Wildman–Crippen LogP) is 3.29. The number of amides is 2. The van der Waals surface area contributed by atoms with E-state index >= 15 is 0 Å². The van der Waals surface area contributed by atoms with Crippen LogP contribution in [0.3, 0.4) is 0 Å². The highest BCUT2D eigenvalue weighted by atomic mass is 16.5. The third-order valence-corrected chi connectivity index (χ3v) is 5.17. The van der Waals surface area contributed by atoms with Gasteiger partial charge in [0, 0.05) is 0 Å². The zero-order chi connectivity index (χ0) is 19.3. The van der Waals surface area contributed by atoms with Gasteiger partial charge >= 0.3 is 0 Å². The second kappa shape index (κ2) is 8.85. The molecule has 6 heteroatoms. The van der Waals surface area contributed by atoms with Gasteiger partial charge in [0.25, 0.3) is 11.8 Å². The molecule has 0 radical (unpaired) electrons. The fourth-order valence-electron chi connectivity index (χ4n) is 3.57. The average Bonchev–Trinajstić information content (AvgIpc) is 2.87. The van der Waals surface area contributed by atoms with Gasteiger partial charge in [-0.3, -0.25) is 14.8 Å². The number of carbonyl (C=O) groups excluding carboxylic acids is 2. The van der Waals surface area contributed by atoms with Crippen molar-refractivity contribution in [2.75, 3.05) is 0 Å². The summed E-state index contributed by atoms with van der Waals surface area (Å²) in [6, 6.07) is 8.75. The number of nitrogens with one attached hydrogen (secondary N) is 1. The Kier molecular flexibility index (Phi) is 6.80. The van der Waals surface area contributed by atoms with Crippen LogP contribution in [0.5, 0.6) is 0 Å². The van der Waals surface area contributed by atoms with Gasteiger partial charge in [0.15, 0.2) is 5.76 Å². The van der Waals surface area contributed by atoms with Crippen molar-refractivity contribution in [3.05, 3.63) is 47.2 Å². The summed E-state index contributed by atoms with van der Waals surface area (Å²) in [5.74, 6) is -1.31. The molecule has 142 valence electrons. The number of unbranched alkanes of at least 4 members (excludes halogenated alkanes) is 1. The Bertz CT molecular complexity index is 672. The zero-order valence-corrected chi connectivity index (χ0v) is 15.6. The molecular formula is C20H28N2O4. The van der Waals surface area contributed by atoms with Crippen molar-refractivity contribution in [1.29, 1.82) is 0 Å². The van der Waals surface area contributed by atoms with Crippen LogP contribution in [0.2, 0.25) is 0 Å². The van der Waals surface area contributed by atoms with E-state index in [2.05, 4.69) is 6.92 Å².